The molecular formula is C18H27N3O5S. The van der Waals surface area contributed by atoms with Gasteiger partial charge in [0.2, 0.25) is 10.0 Å². The summed E-state index contributed by atoms with van der Waals surface area (Å²) in [6.45, 7) is 7.84. The van der Waals surface area contributed by atoms with Gasteiger partial charge in [-0.2, -0.15) is 4.31 Å². The van der Waals surface area contributed by atoms with Gasteiger partial charge in [-0.15, -0.1) is 0 Å². The van der Waals surface area contributed by atoms with Crippen molar-refractivity contribution < 1.29 is 18.1 Å². The highest BCUT2D eigenvalue weighted by Gasteiger charge is 2.32. The van der Waals surface area contributed by atoms with Gasteiger partial charge in [-0.05, 0) is 44.7 Å². The molecule has 9 heteroatoms. The van der Waals surface area contributed by atoms with E-state index in [1.54, 1.807) is 6.07 Å². The quantitative estimate of drug-likeness (QED) is 0.573. The number of ether oxygens (including phenoxy) is 1. The molecule has 2 aliphatic heterocycles. The van der Waals surface area contributed by atoms with Crippen molar-refractivity contribution in [1.82, 2.24) is 4.31 Å². The zero-order chi connectivity index (χ0) is 19.8. The van der Waals surface area contributed by atoms with Crippen molar-refractivity contribution in [3.63, 3.8) is 0 Å². The first-order valence-corrected chi connectivity index (χ1v) is 10.8. The number of rotatable bonds is 4. The normalized spacial score (nSPS) is 27.5. The molecule has 0 spiro atoms. The maximum Gasteiger partial charge on any atom is 0.293 e. The summed E-state index contributed by atoms with van der Waals surface area (Å²) in [7, 11) is -3.73. The van der Waals surface area contributed by atoms with Gasteiger partial charge in [0.15, 0.2) is 0 Å². The Morgan fingerprint density at radius 1 is 1.15 bits per heavy atom. The van der Waals surface area contributed by atoms with E-state index < -0.39 is 14.9 Å². The zero-order valence-electron chi connectivity index (χ0n) is 16.0. The molecule has 27 heavy (non-hydrogen) atoms. The van der Waals surface area contributed by atoms with Crippen LogP contribution in [0.25, 0.3) is 0 Å². The Hall–Kier alpha value is -1.71. The molecule has 0 unspecified atom stereocenters. The van der Waals surface area contributed by atoms with Gasteiger partial charge in [0.05, 0.1) is 22.0 Å². The molecular weight excluding hydrogens is 370 g/mol. The number of morpholine rings is 1. The van der Waals surface area contributed by atoms with Crippen LogP contribution in [0, 0.1) is 16.0 Å². The fraction of sp³-hybridized carbons (Fsp3) is 0.667. The number of piperidine rings is 1. The van der Waals surface area contributed by atoms with Crippen LogP contribution in [-0.4, -0.2) is 56.0 Å². The number of nitro groups is 1. The van der Waals surface area contributed by atoms with E-state index in [0.717, 1.165) is 12.8 Å². The minimum absolute atomic E-state index is 0.0126. The molecule has 0 radical (unpaired) electrons. The average molecular weight is 397 g/mol. The molecule has 0 saturated carbocycles. The van der Waals surface area contributed by atoms with Crippen LogP contribution in [0.5, 0.6) is 0 Å². The molecule has 150 valence electrons. The molecule has 2 heterocycles. The minimum Gasteiger partial charge on any atom is -0.372 e. The van der Waals surface area contributed by atoms with E-state index in [-0.39, 0.29) is 22.8 Å². The Morgan fingerprint density at radius 2 is 1.81 bits per heavy atom. The van der Waals surface area contributed by atoms with Crippen LogP contribution in [-0.2, 0) is 14.8 Å². The molecule has 0 amide bonds. The van der Waals surface area contributed by atoms with Crippen LogP contribution in [0.15, 0.2) is 23.1 Å². The first kappa shape index (κ1) is 20.0. The second kappa shape index (κ2) is 7.73. The van der Waals surface area contributed by atoms with Crippen molar-refractivity contribution in [1.29, 1.82) is 0 Å². The predicted molar refractivity (Wildman–Crippen MR) is 102 cm³/mol. The molecule has 3 rings (SSSR count). The van der Waals surface area contributed by atoms with E-state index >= 15 is 0 Å². The van der Waals surface area contributed by atoms with E-state index in [0.29, 0.717) is 37.8 Å². The smallest absolute Gasteiger partial charge is 0.293 e. The number of sulfonamides is 1. The summed E-state index contributed by atoms with van der Waals surface area (Å²) in [5.41, 5.74) is 0.260. The standard InChI is InChI=1S/C18H27N3O5S/c1-13-5-4-8-20(10-13)27(24,25)16-6-7-17(18(9-16)21(22)23)19-11-14(2)26-15(3)12-19/h6-7,9,13-15H,4-5,8,10-12H2,1-3H3/t13-,14-,15+/m1/s1. The molecule has 0 bridgehead atoms. The Bertz CT molecular complexity index is 803. The van der Waals surface area contributed by atoms with E-state index in [1.165, 1.54) is 16.4 Å². The number of nitro benzene ring substituents is 1. The largest absolute Gasteiger partial charge is 0.372 e. The van der Waals surface area contributed by atoms with Crippen molar-refractivity contribution in [3.05, 3.63) is 28.3 Å². The van der Waals surface area contributed by atoms with Crippen molar-refractivity contribution in [2.45, 2.75) is 50.7 Å². The van der Waals surface area contributed by atoms with E-state index in [1.807, 2.05) is 25.7 Å². The monoisotopic (exact) mass is 397 g/mol. The number of nitrogens with zero attached hydrogens (tertiary/aromatic N) is 3. The Labute approximate surface area is 160 Å². The molecule has 0 N–H and O–H groups in total. The molecule has 8 nitrogen and oxygen atoms in total. The number of hydrogen-bond donors (Lipinski definition) is 0. The number of anilines is 1. The van der Waals surface area contributed by atoms with Gasteiger partial charge in [-0.25, -0.2) is 8.42 Å². The van der Waals surface area contributed by atoms with Gasteiger partial charge in [-0.3, -0.25) is 10.1 Å². The maximum atomic E-state index is 13.0. The van der Waals surface area contributed by atoms with E-state index in [2.05, 4.69) is 0 Å². The lowest BCUT2D eigenvalue weighted by Crippen LogP contribution is -2.45. The van der Waals surface area contributed by atoms with Crippen molar-refractivity contribution >= 4 is 21.4 Å². The summed E-state index contributed by atoms with van der Waals surface area (Å²) in [5, 5.41) is 11.7. The topological polar surface area (TPSA) is 93.0 Å². The van der Waals surface area contributed by atoms with Crippen LogP contribution in [0.4, 0.5) is 11.4 Å². The van der Waals surface area contributed by atoms with Gasteiger partial charge in [0.25, 0.3) is 5.69 Å². The van der Waals surface area contributed by atoms with Gasteiger partial charge in [0.1, 0.15) is 5.69 Å². The van der Waals surface area contributed by atoms with Crippen LogP contribution < -0.4 is 4.90 Å². The summed E-state index contributed by atoms with van der Waals surface area (Å²) < 4.78 is 33.1. The number of hydrogen-bond acceptors (Lipinski definition) is 6. The van der Waals surface area contributed by atoms with Crippen molar-refractivity contribution in [2.75, 3.05) is 31.1 Å². The van der Waals surface area contributed by atoms with Crippen molar-refractivity contribution in [3.8, 4) is 0 Å². The predicted octanol–water partition coefficient (Wildman–Crippen LogP) is 2.63. The Morgan fingerprint density at radius 3 is 2.41 bits per heavy atom. The lowest BCUT2D eigenvalue weighted by Gasteiger charge is -2.36. The molecule has 3 atom stereocenters. The minimum atomic E-state index is -3.73. The molecule has 2 aliphatic rings. The van der Waals surface area contributed by atoms with Gasteiger partial charge in [-0.1, -0.05) is 6.92 Å². The highest BCUT2D eigenvalue weighted by atomic mass is 32.2. The molecule has 2 fully saturated rings. The zero-order valence-corrected chi connectivity index (χ0v) is 16.8. The van der Waals surface area contributed by atoms with Gasteiger partial charge >= 0.3 is 0 Å². The summed E-state index contributed by atoms with van der Waals surface area (Å²) in [6, 6.07) is 4.25. The average Bonchev–Trinajstić information content (AvgIpc) is 2.60. The second-order valence-electron chi connectivity index (χ2n) is 7.68. The molecule has 1 aromatic carbocycles. The molecule has 1 aromatic rings. The lowest BCUT2D eigenvalue weighted by molar-refractivity contribution is -0.384. The lowest BCUT2D eigenvalue weighted by atomic mass is 10.0. The Kier molecular flexibility index (Phi) is 5.73. The SMILES string of the molecule is C[C@@H]1CCCN(S(=O)(=O)c2ccc(N3C[C@@H](C)O[C@@H](C)C3)c([N+](=O)[O-])c2)C1. The molecule has 0 aliphatic carbocycles. The summed E-state index contributed by atoms with van der Waals surface area (Å²) >= 11 is 0. The molecule has 0 aromatic heterocycles. The highest BCUT2D eigenvalue weighted by Crippen LogP contribution is 2.34. The van der Waals surface area contributed by atoms with E-state index in [4.69, 9.17) is 4.74 Å². The second-order valence-corrected chi connectivity index (χ2v) is 9.62. The third-order valence-electron chi connectivity index (χ3n) is 5.16. The van der Waals surface area contributed by atoms with Gasteiger partial charge in [0, 0.05) is 32.2 Å². The third-order valence-corrected chi connectivity index (χ3v) is 7.02. The van der Waals surface area contributed by atoms with Crippen LogP contribution in [0.1, 0.15) is 33.6 Å². The van der Waals surface area contributed by atoms with Gasteiger partial charge < -0.3 is 9.64 Å². The van der Waals surface area contributed by atoms with Crippen LogP contribution >= 0.6 is 0 Å². The number of benzene rings is 1. The summed E-state index contributed by atoms with van der Waals surface area (Å²) in [6.07, 6.45) is 1.71. The third kappa shape index (κ3) is 4.25. The van der Waals surface area contributed by atoms with E-state index in [9.17, 15) is 18.5 Å². The summed E-state index contributed by atoms with van der Waals surface area (Å²) in [5.74, 6) is 0.291. The fourth-order valence-electron chi connectivity index (χ4n) is 3.97. The summed E-state index contributed by atoms with van der Waals surface area (Å²) in [4.78, 5) is 13.1. The first-order chi connectivity index (χ1) is 12.7. The fourth-order valence-corrected chi connectivity index (χ4v) is 5.58. The Balaban J connectivity index is 1.95. The van der Waals surface area contributed by atoms with Crippen molar-refractivity contribution in [2.24, 2.45) is 5.92 Å². The maximum absolute atomic E-state index is 13.0. The van der Waals surface area contributed by atoms with Crippen LogP contribution in [0.2, 0.25) is 0 Å². The highest BCUT2D eigenvalue weighted by molar-refractivity contribution is 7.89. The van der Waals surface area contributed by atoms with Crippen LogP contribution in [0.3, 0.4) is 0 Å². The first-order valence-electron chi connectivity index (χ1n) is 9.37. The molecule has 2 saturated heterocycles.